The van der Waals surface area contributed by atoms with Crippen LogP contribution in [0.4, 0.5) is 0 Å². The Morgan fingerprint density at radius 1 is 1.29 bits per heavy atom. The third-order valence-electron chi connectivity index (χ3n) is 1.79. The van der Waals surface area contributed by atoms with Gasteiger partial charge in [-0.25, -0.2) is 4.68 Å². The van der Waals surface area contributed by atoms with Crippen molar-refractivity contribution in [2.75, 3.05) is 0 Å². The van der Waals surface area contributed by atoms with Crippen LogP contribution in [0.2, 0.25) is 5.02 Å². The third kappa shape index (κ3) is 2.24. The lowest BCUT2D eigenvalue weighted by Gasteiger charge is -1.94. The molecular formula is C11H9ClN2. The van der Waals surface area contributed by atoms with E-state index in [1.165, 1.54) is 0 Å². The minimum Gasteiger partial charge on any atom is -0.248 e. The van der Waals surface area contributed by atoms with Gasteiger partial charge in [-0.2, -0.15) is 5.10 Å². The summed E-state index contributed by atoms with van der Waals surface area (Å²) in [6.07, 6.45) is 7.45. The Morgan fingerprint density at radius 3 is 2.93 bits per heavy atom. The highest BCUT2D eigenvalue weighted by Gasteiger charge is 1.88. The van der Waals surface area contributed by atoms with E-state index in [0.717, 1.165) is 10.6 Å². The highest BCUT2D eigenvalue weighted by Crippen LogP contribution is 2.11. The maximum Gasteiger partial charge on any atom is 0.0493 e. The van der Waals surface area contributed by atoms with Crippen molar-refractivity contribution in [2.45, 2.75) is 0 Å². The zero-order valence-corrected chi connectivity index (χ0v) is 8.22. The van der Waals surface area contributed by atoms with E-state index in [1.54, 1.807) is 10.9 Å². The Labute approximate surface area is 87.4 Å². The minimum atomic E-state index is 0.743. The summed E-state index contributed by atoms with van der Waals surface area (Å²) in [5.74, 6) is 0. The lowest BCUT2D eigenvalue weighted by atomic mass is 10.2. The number of benzene rings is 1. The van der Waals surface area contributed by atoms with Crippen molar-refractivity contribution >= 4 is 23.9 Å². The van der Waals surface area contributed by atoms with Gasteiger partial charge in [0.25, 0.3) is 0 Å². The first-order chi connectivity index (χ1) is 6.84. The topological polar surface area (TPSA) is 17.8 Å². The van der Waals surface area contributed by atoms with Crippen molar-refractivity contribution in [1.29, 1.82) is 0 Å². The molecule has 0 N–H and O–H groups in total. The van der Waals surface area contributed by atoms with Crippen molar-refractivity contribution in [3.05, 3.63) is 53.3 Å². The zero-order chi connectivity index (χ0) is 9.80. The fourth-order valence-corrected chi connectivity index (χ4v) is 1.34. The first-order valence-electron chi connectivity index (χ1n) is 4.27. The highest BCUT2D eigenvalue weighted by atomic mass is 35.5. The molecule has 0 aliphatic heterocycles. The quantitative estimate of drug-likeness (QED) is 0.735. The summed E-state index contributed by atoms with van der Waals surface area (Å²) in [4.78, 5) is 0. The van der Waals surface area contributed by atoms with Gasteiger partial charge < -0.3 is 0 Å². The average Bonchev–Trinajstić information content (AvgIpc) is 2.67. The molecule has 0 fully saturated rings. The number of aromatic nitrogens is 2. The summed E-state index contributed by atoms with van der Waals surface area (Å²) in [5, 5.41) is 4.79. The van der Waals surface area contributed by atoms with Crippen LogP contribution in [0.25, 0.3) is 12.3 Å². The molecule has 0 amide bonds. The molecule has 1 heterocycles. The smallest absolute Gasteiger partial charge is 0.0493 e. The van der Waals surface area contributed by atoms with Crippen molar-refractivity contribution in [1.82, 2.24) is 9.78 Å². The van der Waals surface area contributed by atoms with Crippen LogP contribution in [0, 0.1) is 0 Å². The van der Waals surface area contributed by atoms with E-state index in [1.807, 2.05) is 48.8 Å². The second-order valence-corrected chi connectivity index (χ2v) is 3.29. The van der Waals surface area contributed by atoms with Crippen LogP contribution in [0.5, 0.6) is 0 Å². The predicted molar refractivity (Wildman–Crippen MR) is 58.9 cm³/mol. The lowest BCUT2D eigenvalue weighted by molar-refractivity contribution is 0.938. The van der Waals surface area contributed by atoms with E-state index in [2.05, 4.69) is 5.10 Å². The van der Waals surface area contributed by atoms with E-state index in [9.17, 15) is 0 Å². The molecule has 0 unspecified atom stereocenters. The van der Waals surface area contributed by atoms with Crippen LogP contribution in [0.15, 0.2) is 42.7 Å². The summed E-state index contributed by atoms with van der Waals surface area (Å²) in [6.45, 7) is 0. The Bertz CT molecular complexity index is 432. The maximum atomic E-state index is 5.85. The molecule has 70 valence electrons. The van der Waals surface area contributed by atoms with Crippen LogP contribution < -0.4 is 0 Å². The van der Waals surface area contributed by atoms with E-state index in [0.29, 0.717) is 0 Å². The van der Waals surface area contributed by atoms with Crippen molar-refractivity contribution in [2.24, 2.45) is 0 Å². The maximum absolute atomic E-state index is 5.85. The number of hydrogen-bond donors (Lipinski definition) is 0. The van der Waals surface area contributed by atoms with Gasteiger partial charge in [-0.15, -0.1) is 0 Å². The fraction of sp³-hybridized carbons (Fsp3) is 0. The Kier molecular flexibility index (Phi) is 2.65. The Balaban J connectivity index is 2.18. The molecule has 0 radical (unpaired) electrons. The molecule has 0 atom stereocenters. The van der Waals surface area contributed by atoms with Crippen LogP contribution in [0.1, 0.15) is 5.56 Å². The summed E-state index contributed by atoms with van der Waals surface area (Å²) < 4.78 is 1.74. The average molecular weight is 205 g/mol. The first-order valence-corrected chi connectivity index (χ1v) is 4.65. The molecule has 0 aliphatic rings. The molecule has 1 aromatic heterocycles. The molecule has 14 heavy (non-hydrogen) atoms. The van der Waals surface area contributed by atoms with Gasteiger partial charge in [0.2, 0.25) is 0 Å². The molecule has 2 aromatic rings. The number of halogens is 1. The summed E-state index contributed by atoms with van der Waals surface area (Å²) >= 11 is 5.85. The monoisotopic (exact) mass is 204 g/mol. The van der Waals surface area contributed by atoms with Gasteiger partial charge in [-0.05, 0) is 29.8 Å². The second-order valence-electron chi connectivity index (χ2n) is 2.86. The van der Waals surface area contributed by atoms with E-state index in [-0.39, 0.29) is 0 Å². The van der Waals surface area contributed by atoms with Crippen LogP contribution >= 0.6 is 11.6 Å². The van der Waals surface area contributed by atoms with Crippen molar-refractivity contribution < 1.29 is 0 Å². The zero-order valence-electron chi connectivity index (χ0n) is 7.47. The second kappa shape index (κ2) is 4.11. The SMILES string of the molecule is Clc1cccc(C=Cn2cccn2)c1. The summed E-state index contributed by atoms with van der Waals surface area (Å²) in [7, 11) is 0. The van der Waals surface area contributed by atoms with Gasteiger partial charge in [0.1, 0.15) is 0 Å². The first kappa shape index (κ1) is 9.03. The molecular weight excluding hydrogens is 196 g/mol. The summed E-state index contributed by atoms with van der Waals surface area (Å²) in [6, 6.07) is 9.55. The molecule has 1 aromatic carbocycles. The Hall–Kier alpha value is -1.54. The van der Waals surface area contributed by atoms with Gasteiger partial charge in [0.05, 0.1) is 0 Å². The van der Waals surface area contributed by atoms with Crippen LogP contribution in [-0.2, 0) is 0 Å². The Morgan fingerprint density at radius 2 is 2.21 bits per heavy atom. The molecule has 0 aliphatic carbocycles. The molecule has 0 saturated carbocycles. The van der Waals surface area contributed by atoms with Gasteiger partial charge >= 0.3 is 0 Å². The lowest BCUT2D eigenvalue weighted by Crippen LogP contribution is -1.84. The van der Waals surface area contributed by atoms with Crippen molar-refractivity contribution in [3.63, 3.8) is 0 Å². The molecule has 0 spiro atoms. The van der Waals surface area contributed by atoms with E-state index in [4.69, 9.17) is 11.6 Å². The van der Waals surface area contributed by atoms with E-state index >= 15 is 0 Å². The highest BCUT2D eigenvalue weighted by molar-refractivity contribution is 6.30. The van der Waals surface area contributed by atoms with Gasteiger partial charge in [0, 0.05) is 23.6 Å². The standard InChI is InChI=1S/C11H9ClN2/c12-11-4-1-3-10(9-11)5-8-14-7-2-6-13-14/h1-9H. The molecule has 2 rings (SSSR count). The van der Waals surface area contributed by atoms with Crippen LogP contribution in [0.3, 0.4) is 0 Å². The molecule has 0 saturated heterocycles. The molecule has 0 bridgehead atoms. The van der Waals surface area contributed by atoms with Gasteiger partial charge in [0.15, 0.2) is 0 Å². The largest absolute Gasteiger partial charge is 0.248 e. The molecule has 3 heteroatoms. The van der Waals surface area contributed by atoms with Gasteiger partial charge in [-0.1, -0.05) is 23.7 Å². The fourth-order valence-electron chi connectivity index (χ4n) is 1.14. The molecule has 2 nitrogen and oxygen atoms in total. The van der Waals surface area contributed by atoms with Gasteiger partial charge in [-0.3, -0.25) is 0 Å². The predicted octanol–water partition coefficient (Wildman–Crippen LogP) is 3.16. The summed E-state index contributed by atoms with van der Waals surface area (Å²) in [5.41, 5.74) is 1.06. The number of nitrogens with zero attached hydrogens (tertiary/aromatic N) is 2. The number of rotatable bonds is 2. The minimum absolute atomic E-state index is 0.743. The van der Waals surface area contributed by atoms with E-state index < -0.39 is 0 Å². The van der Waals surface area contributed by atoms with Crippen molar-refractivity contribution in [3.8, 4) is 0 Å². The third-order valence-corrected chi connectivity index (χ3v) is 2.03. The van der Waals surface area contributed by atoms with Crippen LogP contribution in [-0.4, -0.2) is 9.78 Å². The number of hydrogen-bond acceptors (Lipinski definition) is 1. The normalized spacial score (nSPS) is 10.9.